The van der Waals surface area contributed by atoms with E-state index in [0.717, 1.165) is 16.8 Å². The Morgan fingerprint density at radius 1 is 1.12 bits per heavy atom. The summed E-state index contributed by atoms with van der Waals surface area (Å²) in [7, 11) is 0. The number of amides is 2. The molecule has 0 saturated heterocycles. The van der Waals surface area contributed by atoms with Crippen LogP contribution >= 0.6 is 34.8 Å². The van der Waals surface area contributed by atoms with Gasteiger partial charge in [0.25, 0.3) is 5.91 Å². The molecule has 2 aliphatic rings. The molecule has 0 spiro atoms. The van der Waals surface area contributed by atoms with E-state index in [0.29, 0.717) is 23.7 Å². The molecule has 2 amide bonds. The quantitative estimate of drug-likeness (QED) is 0.337. The van der Waals surface area contributed by atoms with E-state index in [2.05, 4.69) is 15.3 Å². The van der Waals surface area contributed by atoms with E-state index in [1.54, 1.807) is 4.90 Å². The van der Waals surface area contributed by atoms with Crippen LogP contribution in [0.5, 0.6) is 5.88 Å². The predicted octanol–water partition coefficient (Wildman–Crippen LogP) is 7.21. The molecule has 0 saturated carbocycles. The van der Waals surface area contributed by atoms with E-state index >= 15 is 0 Å². The number of anilines is 3. The third-order valence-corrected chi connectivity index (χ3v) is 7.52. The molecule has 3 heterocycles. The molecular formula is C28H28Cl3N5O4. The van der Waals surface area contributed by atoms with E-state index in [1.807, 2.05) is 52.8 Å². The number of halogens is 3. The van der Waals surface area contributed by atoms with Gasteiger partial charge < -0.3 is 14.8 Å². The fraction of sp³-hybridized carbons (Fsp3) is 0.357. The Hall–Kier alpha value is -3.27. The molecule has 2 aliphatic heterocycles. The molecule has 1 N–H and O–H groups in total. The average molecular weight is 605 g/mol. The van der Waals surface area contributed by atoms with Crippen LogP contribution in [0, 0.1) is 0 Å². The number of hydrogen-bond acceptors (Lipinski definition) is 7. The first-order chi connectivity index (χ1) is 18.7. The van der Waals surface area contributed by atoms with Crippen molar-refractivity contribution >= 4 is 64.1 Å². The molecule has 210 valence electrons. The molecule has 0 atom stereocenters. The Balaban J connectivity index is 1.34. The summed E-state index contributed by atoms with van der Waals surface area (Å²) in [5, 5.41) is 3.99. The van der Waals surface area contributed by atoms with Gasteiger partial charge in [0.1, 0.15) is 11.2 Å². The highest BCUT2D eigenvalue weighted by molar-refractivity contribution is 6.42. The van der Waals surface area contributed by atoms with Crippen LogP contribution in [0.4, 0.5) is 22.1 Å². The molecule has 0 unspecified atom stereocenters. The Morgan fingerprint density at radius 2 is 1.82 bits per heavy atom. The Bertz CT molecular complexity index is 1500. The van der Waals surface area contributed by atoms with E-state index in [4.69, 9.17) is 44.3 Å². The van der Waals surface area contributed by atoms with Crippen molar-refractivity contribution in [2.24, 2.45) is 0 Å². The van der Waals surface area contributed by atoms with Gasteiger partial charge in [0.05, 0.1) is 21.3 Å². The molecule has 0 bridgehead atoms. The largest absolute Gasteiger partial charge is 0.455 e. The van der Waals surface area contributed by atoms with Crippen molar-refractivity contribution in [1.82, 2.24) is 14.9 Å². The lowest BCUT2D eigenvalue weighted by atomic mass is 9.83. The highest BCUT2D eigenvalue weighted by atomic mass is 35.5. The zero-order chi connectivity index (χ0) is 29.0. The molecule has 2 aromatic carbocycles. The number of fused-ring (bicyclic) bond motifs is 2. The zero-order valence-corrected chi connectivity index (χ0v) is 24.9. The topological polar surface area (TPSA) is 96.9 Å². The molecule has 0 aliphatic carbocycles. The molecule has 5 rings (SSSR count). The first-order valence-electron chi connectivity index (χ1n) is 12.6. The molecule has 40 heavy (non-hydrogen) atoms. The van der Waals surface area contributed by atoms with Gasteiger partial charge in [-0.2, -0.15) is 4.98 Å². The lowest BCUT2D eigenvalue weighted by molar-refractivity contribution is -0.000310. The number of carbonyl (C=O) groups is 2. The van der Waals surface area contributed by atoms with Gasteiger partial charge in [-0.05, 0) is 76.4 Å². The highest BCUT2D eigenvalue weighted by Crippen LogP contribution is 2.40. The lowest BCUT2D eigenvalue weighted by Crippen LogP contribution is -2.51. The molecule has 0 radical (unpaired) electrons. The summed E-state index contributed by atoms with van der Waals surface area (Å²) < 4.78 is 11.4. The minimum absolute atomic E-state index is 0.133. The number of ether oxygens (including phenoxy) is 2. The van der Waals surface area contributed by atoms with Gasteiger partial charge in [0.2, 0.25) is 11.8 Å². The van der Waals surface area contributed by atoms with Crippen LogP contribution in [0.2, 0.25) is 15.1 Å². The number of benzene rings is 2. The van der Waals surface area contributed by atoms with Crippen molar-refractivity contribution < 1.29 is 19.1 Å². The standard InChI is InChI=1S/C28H28Cl3N5O4/c1-27(2,3)40-26(38)36-9-8-15-10-17(6-7-19(15)28(36,4)5)33-25-32-13-18-23(34-25)39-14-35(24(18)37)22-20(30)11-16(29)12-21(22)31/h6-7,10-13H,8-9,14H2,1-5H3,(H,32,33,34). The van der Waals surface area contributed by atoms with E-state index < -0.39 is 17.0 Å². The minimum Gasteiger partial charge on any atom is -0.455 e. The van der Waals surface area contributed by atoms with Crippen LogP contribution in [0.1, 0.15) is 56.1 Å². The Labute approximate surface area is 247 Å². The number of aromatic nitrogens is 2. The van der Waals surface area contributed by atoms with E-state index in [-0.39, 0.29) is 40.3 Å². The summed E-state index contributed by atoms with van der Waals surface area (Å²) in [4.78, 5) is 37.9. The van der Waals surface area contributed by atoms with Gasteiger partial charge in [-0.15, -0.1) is 0 Å². The number of nitrogens with zero attached hydrogens (tertiary/aromatic N) is 4. The lowest BCUT2D eigenvalue weighted by Gasteiger charge is -2.44. The fourth-order valence-corrected chi connectivity index (χ4v) is 5.89. The van der Waals surface area contributed by atoms with Gasteiger partial charge >= 0.3 is 6.09 Å². The van der Waals surface area contributed by atoms with E-state index in [9.17, 15) is 9.59 Å². The maximum absolute atomic E-state index is 13.2. The normalized spacial score (nSPS) is 16.1. The monoisotopic (exact) mass is 603 g/mol. The van der Waals surface area contributed by atoms with Gasteiger partial charge in [-0.25, -0.2) is 9.78 Å². The second kappa shape index (κ2) is 10.3. The van der Waals surface area contributed by atoms with Gasteiger partial charge in [0.15, 0.2) is 6.73 Å². The zero-order valence-electron chi connectivity index (χ0n) is 22.6. The maximum Gasteiger partial charge on any atom is 0.411 e. The Kier molecular flexibility index (Phi) is 7.27. The summed E-state index contributed by atoms with van der Waals surface area (Å²) in [5.74, 6) is 0.0180. The van der Waals surface area contributed by atoms with Crippen molar-refractivity contribution in [3.05, 3.63) is 68.3 Å². The average Bonchev–Trinajstić information content (AvgIpc) is 2.83. The number of nitrogens with one attached hydrogen (secondary N) is 1. The van der Waals surface area contributed by atoms with Crippen LogP contribution in [-0.2, 0) is 16.7 Å². The van der Waals surface area contributed by atoms with Crippen LogP contribution in [0.3, 0.4) is 0 Å². The number of rotatable bonds is 3. The Morgan fingerprint density at radius 3 is 2.50 bits per heavy atom. The van der Waals surface area contributed by atoms with Crippen LogP contribution in [-0.4, -0.2) is 45.7 Å². The van der Waals surface area contributed by atoms with Gasteiger partial charge in [0, 0.05) is 23.5 Å². The summed E-state index contributed by atoms with van der Waals surface area (Å²) in [6.07, 6.45) is 1.74. The summed E-state index contributed by atoms with van der Waals surface area (Å²) in [5.41, 5.74) is 2.26. The second-order valence-corrected chi connectivity index (χ2v) is 12.3. The minimum atomic E-state index is -0.571. The van der Waals surface area contributed by atoms with Crippen molar-refractivity contribution in [3.63, 3.8) is 0 Å². The third kappa shape index (κ3) is 5.38. The SMILES string of the molecule is CC(C)(C)OC(=O)N1CCc2cc(Nc3ncc4c(n3)OCN(c3c(Cl)cc(Cl)cc3Cl)C4=O)ccc2C1(C)C. The number of carbonyl (C=O) groups excluding carboxylic acids is 2. The van der Waals surface area contributed by atoms with Crippen molar-refractivity contribution in [2.45, 2.75) is 52.2 Å². The fourth-order valence-electron chi connectivity index (χ4n) is 4.87. The third-order valence-electron chi connectivity index (χ3n) is 6.73. The summed E-state index contributed by atoms with van der Waals surface area (Å²) in [6.45, 7) is 10.00. The number of hydrogen-bond donors (Lipinski definition) is 1. The van der Waals surface area contributed by atoms with E-state index in [1.165, 1.54) is 23.2 Å². The van der Waals surface area contributed by atoms with Gasteiger partial charge in [-0.1, -0.05) is 40.9 Å². The highest BCUT2D eigenvalue weighted by Gasteiger charge is 2.39. The second-order valence-electron chi connectivity index (χ2n) is 11.1. The smallest absolute Gasteiger partial charge is 0.411 e. The molecule has 0 fully saturated rings. The van der Waals surface area contributed by atoms with Crippen molar-refractivity contribution in [1.29, 1.82) is 0 Å². The predicted molar refractivity (Wildman–Crippen MR) is 155 cm³/mol. The maximum atomic E-state index is 13.2. The first-order valence-corrected chi connectivity index (χ1v) is 13.8. The molecule has 12 heteroatoms. The van der Waals surface area contributed by atoms with Crippen LogP contribution in [0.15, 0.2) is 36.5 Å². The first kappa shape index (κ1) is 28.3. The summed E-state index contributed by atoms with van der Waals surface area (Å²) in [6, 6.07) is 8.92. The molecule has 9 nitrogen and oxygen atoms in total. The van der Waals surface area contributed by atoms with Crippen LogP contribution in [0.25, 0.3) is 0 Å². The summed E-state index contributed by atoms with van der Waals surface area (Å²) >= 11 is 18.6. The molecule has 3 aromatic rings. The van der Waals surface area contributed by atoms with Crippen molar-refractivity contribution in [3.8, 4) is 5.88 Å². The molecule has 1 aromatic heterocycles. The molecular weight excluding hydrogens is 577 g/mol. The van der Waals surface area contributed by atoms with Gasteiger partial charge in [-0.3, -0.25) is 14.6 Å². The van der Waals surface area contributed by atoms with Crippen LogP contribution < -0.4 is 15.0 Å². The van der Waals surface area contributed by atoms with Crippen molar-refractivity contribution in [2.75, 3.05) is 23.5 Å².